The van der Waals surface area contributed by atoms with E-state index in [1.54, 1.807) is 13.8 Å². The lowest BCUT2D eigenvalue weighted by molar-refractivity contribution is 0.444. The lowest BCUT2D eigenvalue weighted by atomic mass is 10.6. The second-order valence-electron chi connectivity index (χ2n) is 3.03. The van der Waals surface area contributed by atoms with Crippen molar-refractivity contribution in [1.29, 1.82) is 0 Å². The number of sulfonamides is 1. The van der Waals surface area contributed by atoms with Crippen molar-refractivity contribution in [2.24, 2.45) is 0 Å². The summed E-state index contributed by atoms with van der Waals surface area (Å²) < 4.78 is 25.0. The van der Waals surface area contributed by atoms with Gasteiger partial charge in [0.2, 0.25) is 10.0 Å². The molecule has 0 aliphatic rings. The van der Waals surface area contributed by atoms with Gasteiger partial charge in [0, 0.05) is 19.3 Å². The van der Waals surface area contributed by atoms with Gasteiger partial charge >= 0.3 is 5.69 Å². The number of nitrogens with one attached hydrogen (secondary N) is 2. The third-order valence-corrected chi connectivity index (χ3v) is 4.16. The molecular weight excluding hydrogens is 234 g/mol. The number of aromatic nitrogens is 2. The van der Waals surface area contributed by atoms with E-state index in [0.717, 1.165) is 10.5 Å². The average Bonchev–Trinajstić information content (AvgIpc) is 2.18. The van der Waals surface area contributed by atoms with Crippen LogP contribution in [0.5, 0.6) is 0 Å². The maximum absolute atomic E-state index is 11.9. The zero-order valence-corrected chi connectivity index (χ0v) is 9.80. The van der Waals surface area contributed by atoms with Crippen LogP contribution >= 0.6 is 0 Å². The number of aromatic amines is 2. The van der Waals surface area contributed by atoms with Crippen LogP contribution in [0.15, 0.2) is 20.7 Å². The highest BCUT2D eigenvalue weighted by Gasteiger charge is 2.24. The van der Waals surface area contributed by atoms with Crippen LogP contribution in [0.25, 0.3) is 0 Å². The van der Waals surface area contributed by atoms with Crippen LogP contribution in [0.2, 0.25) is 0 Å². The van der Waals surface area contributed by atoms with Crippen LogP contribution in [-0.2, 0) is 10.0 Å². The molecule has 1 rings (SSSR count). The Labute approximate surface area is 92.2 Å². The molecule has 8 heteroatoms. The fourth-order valence-corrected chi connectivity index (χ4v) is 2.74. The fraction of sp³-hybridized carbons (Fsp3) is 0.500. The third-order valence-electron chi connectivity index (χ3n) is 2.11. The first-order valence-corrected chi connectivity index (χ1v) is 6.19. The first kappa shape index (κ1) is 12.7. The zero-order valence-electron chi connectivity index (χ0n) is 8.98. The summed E-state index contributed by atoms with van der Waals surface area (Å²) in [4.78, 5) is 25.7. The van der Waals surface area contributed by atoms with Crippen LogP contribution in [0.4, 0.5) is 0 Å². The van der Waals surface area contributed by atoms with Crippen molar-refractivity contribution in [3.63, 3.8) is 0 Å². The standard InChI is InChI=1S/C8H13N3O4S/c1-3-11(4-2)16(14,15)6-5-9-8(13)10-7(6)12/h5H,3-4H2,1-2H3,(H2,9,10,12,13). The van der Waals surface area contributed by atoms with E-state index in [9.17, 15) is 18.0 Å². The second kappa shape index (κ2) is 4.62. The van der Waals surface area contributed by atoms with E-state index in [2.05, 4.69) is 4.98 Å². The summed E-state index contributed by atoms with van der Waals surface area (Å²) in [5.74, 6) is 0. The van der Waals surface area contributed by atoms with Gasteiger partial charge in [0.1, 0.15) is 0 Å². The largest absolute Gasteiger partial charge is 0.325 e. The second-order valence-corrected chi connectivity index (χ2v) is 4.93. The molecule has 0 radical (unpaired) electrons. The quantitative estimate of drug-likeness (QED) is 0.719. The van der Waals surface area contributed by atoms with E-state index in [4.69, 9.17) is 0 Å². The minimum Gasteiger partial charge on any atom is -0.313 e. The SMILES string of the molecule is CCN(CC)S(=O)(=O)c1c[nH]c(=O)[nH]c1=O. The van der Waals surface area contributed by atoms with Gasteiger partial charge < -0.3 is 4.98 Å². The lowest BCUT2D eigenvalue weighted by Crippen LogP contribution is -2.36. The fourth-order valence-electron chi connectivity index (χ4n) is 1.29. The summed E-state index contributed by atoms with van der Waals surface area (Å²) in [6.07, 6.45) is 0.912. The predicted molar refractivity (Wildman–Crippen MR) is 57.8 cm³/mol. The van der Waals surface area contributed by atoms with Gasteiger partial charge in [-0.25, -0.2) is 13.2 Å². The predicted octanol–water partition coefficient (Wildman–Crippen LogP) is -0.906. The topological polar surface area (TPSA) is 103 Å². The zero-order chi connectivity index (χ0) is 12.3. The Morgan fingerprint density at radius 2 is 1.81 bits per heavy atom. The van der Waals surface area contributed by atoms with Gasteiger partial charge in [0.25, 0.3) is 5.56 Å². The molecule has 1 aromatic heterocycles. The number of nitrogens with zero attached hydrogens (tertiary/aromatic N) is 1. The van der Waals surface area contributed by atoms with Crippen LogP contribution in [0, 0.1) is 0 Å². The molecule has 0 saturated carbocycles. The Bertz CT molecular complexity index is 567. The van der Waals surface area contributed by atoms with Gasteiger partial charge in [-0.05, 0) is 0 Å². The number of hydrogen-bond donors (Lipinski definition) is 2. The molecule has 0 fully saturated rings. The molecule has 0 aliphatic carbocycles. The highest BCUT2D eigenvalue weighted by Crippen LogP contribution is 2.08. The van der Waals surface area contributed by atoms with Gasteiger partial charge in [-0.3, -0.25) is 9.78 Å². The van der Waals surface area contributed by atoms with Gasteiger partial charge in [-0.1, -0.05) is 13.8 Å². The van der Waals surface area contributed by atoms with Gasteiger partial charge in [0.15, 0.2) is 4.90 Å². The molecule has 90 valence electrons. The normalized spacial score (nSPS) is 11.9. The molecule has 0 bridgehead atoms. The molecule has 1 aromatic rings. The highest BCUT2D eigenvalue weighted by atomic mass is 32.2. The van der Waals surface area contributed by atoms with E-state index < -0.39 is 26.2 Å². The summed E-state index contributed by atoms with van der Waals surface area (Å²) in [6.45, 7) is 3.86. The van der Waals surface area contributed by atoms with E-state index in [0.29, 0.717) is 0 Å². The molecule has 16 heavy (non-hydrogen) atoms. The van der Waals surface area contributed by atoms with E-state index in [-0.39, 0.29) is 13.1 Å². The van der Waals surface area contributed by atoms with E-state index >= 15 is 0 Å². The van der Waals surface area contributed by atoms with Crippen LogP contribution in [-0.4, -0.2) is 35.8 Å². The molecule has 0 aliphatic heterocycles. The molecule has 1 heterocycles. The maximum Gasteiger partial charge on any atom is 0.325 e. The summed E-state index contributed by atoms with van der Waals surface area (Å²) >= 11 is 0. The van der Waals surface area contributed by atoms with Crippen molar-refractivity contribution >= 4 is 10.0 Å². The van der Waals surface area contributed by atoms with Crippen LogP contribution in [0.3, 0.4) is 0 Å². The molecule has 0 amide bonds. The van der Waals surface area contributed by atoms with Gasteiger partial charge in [-0.15, -0.1) is 0 Å². The Kier molecular flexibility index (Phi) is 3.66. The summed E-state index contributed by atoms with van der Waals surface area (Å²) in [7, 11) is -3.83. The summed E-state index contributed by atoms with van der Waals surface area (Å²) in [5.41, 5.74) is -1.64. The summed E-state index contributed by atoms with van der Waals surface area (Å²) in [6, 6.07) is 0. The van der Waals surface area contributed by atoms with Crippen molar-refractivity contribution in [3.8, 4) is 0 Å². The first-order chi connectivity index (χ1) is 7.43. The van der Waals surface area contributed by atoms with Crippen molar-refractivity contribution in [2.75, 3.05) is 13.1 Å². The molecule has 7 nitrogen and oxygen atoms in total. The van der Waals surface area contributed by atoms with E-state index in [1.807, 2.05) is 4.98 Å². The highest BCUT2D eigenvalue weighted by molar-refractivity contribution is 7.89. The Balaban J connectivity index is 3.38. The number of hydrogen-bond acceptors (Lipinski definition) is 4. The smallest absolute Gasteiger partial charge is 0.313 e. The molecular formula is C8H13N3O4S. The Hall–Kier alpha value is -1.41. The minimum absolute atomic E-state index is 0.261. The molecule has 0 spiro atoms. The van der Waals surface area contributed by atoms with Crippen molar-refractivity contribution in [2.45, 2.75) is 18.7 Å². The van der Waals surface area contributed by atoms with Crippen molar-refractivity contribution in [3.05, 3.63) is 27.0 Å². The number of rotatable bonds is 4. The summed E-state index contributed by atoms with van der Waals surface area (Å²) in [5, 5.41) is 0. The lowest BCUT2D eigenvalue weighted by Gasteiger charge is -2.17. The molecule has 0 atom stereocenters. The Morgan fingerprint density at radius 1 is 1.25 bits per heavy atom. The Morgan fingerprint density at radius 3 is 2.25 bits per heavy atom. The van der Waals surface area contributed by atoms with Crippen LogP contribution in [0.1, 0.15) is 13.8 Å². The first-order valence-electron chi connectivity index (χ1n) is 4.75. The number of H-pyrrole nitrogens is 2. The maximum atomic E-state index is 11.9. The van der Waals surface area contributed by atoms with Crippen LogP contribution < -0.4 is 11.2 Å². The van der Waals surface area contributed by atoms with Crippen molar-refractivity contribution < 1.29 is 8.42 Å². The average molecular weight is 247 g/mol. The monoisotopic (exact) mass is 247 g/mol. The van der Waals surface area contributed by atoms with E-state index in [1.165, 1.54) is 0 Å². The van der Waals surface area contributed by atoms with Gasteiger partial charge in [-0.2, -0.15) is 4.31 Å². The van der Waals surface area contributed by atoms with Crippen molar-refractivity contribution in [1.82, 2.24) is 14.3 Å². The third kappa shape index (κ3) is 2.22. The molecule has 0 unspecified atom stereocenters. The molecule has 0 saturated heterocycles. The minimum atomic E-state index is -3.83. The molecule has 2 N–H and O–H groups in total. The molecule has 0 aromatic carbocycles. The van der Waals surface area contributed by atoms with Gasteiger partial charge in [0.05, 0.1) is 0 Å².